The molecule has 1 fully saturated rings. The predicted molar refractivity (Wildman–Crippen MR) is 118 cm³/mol. The number of para-hydroxylation sites is 1. The summed E-state index contributed by atoms with van der Waals surface area (Å²) in [4.78, 5) is 31.7. The van der Waals surface area contributed by atoms with E-state index in [0.29, 0.717) is 24.6 Å². The smallest absolute Gasteiger partial charge is 0.287 e. The van der Waals surface area contributed by atoms with Crippen molar-refractivity contribution < 1.29 is 14.0 Å². The first-order valence-corrected chi connectivity index (χ1v) is 11.5. The number of hydrogen-bond acceptors (Lipinski definition) is 5. The molecule has 7 heteroatoms. The molecule has 0 bridgehead atoms. The van der Waals surface area contributed by atoms with E-state index >= 15 is 0 Å². The Kier molecular flexibility index (Phi) is 6.18. The van der Waals surface area contributed by atoms with Gasteiger partial charge in [0.15, 0.2) is 16.5 Å². The molecule has 1 aliphatic heterocycles. The number of carbonyl (C=O) groups excluding carboxylic acids is 2. The van der Waals surface area contributed by atoms with Gasteiger partial charge >= 0.3 is 0 Å². The minimum absolute atomic E-state index is 0.0549. The molecule has 1 N–H and O–H groups in total. The zero-order valence-electron chi connectivity index (χ0n) is 17.4. The second kappa shape index (κ2) is 9.00. The normalized spacial score (nSPS) is 15.1. The van der Waals surface area contributed by atoms with Crippen molar-refractivity contribution >= 4 is 33.4 Å². The van der Waals surface area contributed by atoms with E-state index in [1.54, 1.807) is 23.5 Å². The maximum absolute atomic E-state index is 12.6. The summed E-state index contributed by atoms with van der Waals surface area (Å²) < 4.78 is 6.88. The summed E-state index contributed by atoms with van der Waals surface area (Å²) in [7, 11) is 0. The molecule has 3 aromatic rings. The van der Waals surface area contributed by atoms with E-state index in [2.05, 4.69) is 24.1 Å². The Balaban J connectivity index is 1.35. The van der Waals surface area contributed by atoms with E-state index in [9.17, 15) is 9.59 Å². The number of thiazole rings is 1. The number of hydrogen-bond donors (Lipinski definition) is 1. The van der Waals surface area contributed by atoms with Gasteiger partial charge in [-0.1, -0.05) is 26.0 Å². The van der Waals surface area contributed by atoms with E-state index in [1.165, 1.54) is 0 Å². The third kappa shape index (κ3) is 4.26. The molecule has 6 nitrogen and oxygen atoms in total. The van der Waals surface area contributed by atoms with Crippen LogP contribution in [0.5, 0.6) is 0 Å². The van der Waals surface area contributed by atoms with Gasteiger partial charge in [-0.25, -0.2) is 4.98 Å². The van der Waals surface area contributed by atoms with Crippen LogP contribution in [-0.4, -0.2) is 40.8 Å². The van der Waals surface area contributed by atoms with Crippen molar-refractivity contribution in [3.63, 3.8) is 0 Å². The maximum Gasteiger partial charge on any atom is 0.287 e. The predicted octanol–water partition coefficient (Wildman–Crippen LogP) is 4.71. The lowest BCUT2D eigenvalue weighted by atomic mass is 9.98. The Morgan fingerprint density at radius 1 is 1.17 bits per heavy atom. The zero-order valence-corrected chi connectivity index (χ0v) is 18.2. The van der Waals surface area contributed by atoms with Gasteiger partial charge < -0.3 is 14.6 Å². The number of amides is 2. The summed E-state index contributed by atoms with van der Waals surface area (Å²) in [6.07, 6.45) is 3.29. The number of nitrogens with one attached hydrogen (secondary N) is 1. The lowest BCUT2D eigenvalue weighted by Gasteiger charge is -2.34. The molecule has 2 aromatic heterocycles. The van der Waals surface area contributed by atoms with Gasteiger partial charge in [0.1, 0.15) is 0 Å². The van der Waals surface area contributed by atoms with Crippen LogP contribution in [0.25, 0.3) is 21.0 Å². The first kappa shape index (κ1) is 20.6. The monoisotopic (exact) mass is 425 g/mol. The molecule has 1 aromatic carbocycles. The van der Waals surface area contributed by atoms with Crippen LogP contribution in [0.15, 0.2) is 40.8 Å². The van der Waals surface area contributed by atoms with Crippen molar-refractivity contribution in [3.05, 3.63) is 42.2 Å². The van der Waals surface area contributed by atoms with Gasteiger partial charge in [0, 0.05) is 25.0 Å². The zero-order chi connectivity index (χ0) is 21.1. The highest BCUT2D eigenvalue weighted by Crippen LogP contribution is 2.31. The first-order chi connectivity index (χ1) is 14.6. The number of likely N-dealkylation sites (tertiary alicyclic amines) is 1. The van der Waals surface area contributed by atoms with Gasteiger partial charge in [-0.2, -0.15) is 0 Å². The third-order valence-electron chi connectivity index (χ3n) is 5.81. The summed E-state index contributed by atoms with van der Waals surface area (Å²) in [5.74, 6) is 1.04. The van der Waals surface area contributed by atoms with Gasteiger partial charge in [0.25, 0.3) is 5.91 Å². The fourth-order valence-electron chi connectivity index (χ4n) is 3.95. The van der Waals surface area contributed by atoms with Crippen LogP contribution in [0.2, 0.25) is 0 Å². The van der Waals surface area contributed by atoms with Crippen LogP contribution in [0.4, 0.5) is 0 Å². The van der Waals surface area contributed by atoms with E-state index in [0.717, 1.165) is 40.9 Å². The quantitative estimate of drug-likeness (QED) is 0.620. The Morgan fingerprint density at radius 2 is 1.90 bits per heavy atom. The number of fused-ring (bicyclic) bond motifs is 1. The molecule has 0 spiro atoms. The van der Waals surface area contributed by atoms with E-state index in [-0.39, 0.29) is 23.8 Å². The molecule has 1 aliphatic rings. The highest BCUT2D eigenvalue weighted by Gasteiger charge is 2.28. The van der Waals surface area contributed by atoms with Gasteiger partial charge in [-0.15, -0.1) is 11.3 Å². The van der Waals surface area contributed by atoms with Crippen molar-refractivity contribution in [2.45, 2.75) is 45.6 Å². The highest BCUT2D eigenvalue weighted by molar-refractivity contribution is 7.21. The van der Waals surface area contributed by atoms with Gasteiger partial charge in [-0.05, 0) is 49.9 Å². The average molecular weight is 426 g/mol. The Bertz CT molecular complexity index is 996. The minimum Gasteiger partial charge on any atom is -0.448 e. The van der Waals surface area contributed by atoms with E-state index < -0.39 is 0 Å². The number of benzene rings is 1. The van der Waals surface area contributed by atoms with Crippen LogP contribution < -0.4 is 5.32 Å². The molecule has 4 rings (SSSR count). The number of rotatable bonds is 6. The summed E-state index contributed by atoms with van der Waals surface area (Å²) in [5.41, 5.74) is 0.926. The second-order valence-electron chi connectivity index (χ2n) is 7.74. The standard InChI is InChI=1S/C23H27N3O3S/c1-3-15(4-2)23(28)26-13-11-16(12-14-26)24-21(27)18-9-10-19(29-18)22-25-17-7-5-6-8-20(17)30-22/h5-10,15-16H,3-4,11-14H2,1-2H3,(H,24,27). The molecule has 1 saturated heterocycles. The maximum atomic E-state index is 12.6. The third-order valence-corrected chi connectivity index (χ3v) is 6.86. The Hall–Kier alpha value is -2.67. The van der Waals surface area contributed by atoms with Crippen molar-refractivity contribution in [2.24, 2.45) is 5.92 Å². The molecule has 3 heterocycles. The molecular formula is C23H27N3O3S. The van der Waals surface area contributed by atoms with Crippen molar-refractivity contribution in [1.82, 2.24) is 15.2 Å². The minimum atomic E-state index is -0.216. The fourth-order valence-corrected chi connectivity index (χ4v) is 4.88. The van der Waals surface area contributed by atoms with Crippen LogP contribution in [0, 0.1) is 5.92 Å². The Labute approximate surface area is 180 Å². The Morgan fingerprint density at radius 3 is 2.60 bits per heavy atom. The second-order valence-corrected chi connectivity index (χ2v) is 8.77. The van der Waals surface area contributed by atoms with Crippen LogP contribution in [-0.2, 0) is 4.79 Å². The molecule has 0 radical (unpaired) electrons. The van der Waals surface area contributed by atoms with Gasteiger partial charge in [0.2, 0.25) is 5.91 Å². The lowest BCUT2D eigenvalue weighted by molar-refractivity contribution is -0.136. The molecule has 0 saturated carbocycles. The molecule has 158 valence electrons. The average Bonchev–Trinajstić information content (AvgIpc) is 3.42. The molecule has 0 aliphatic carbocycles. The van der Waals surface area contributed by atoms with Crippen LogP contribution in [0.1, 0.15) is 50.1 Å². The van der Waals surface area contributed by atoms with E-state index in [1.807, 2.05) is 29.2 Å². The largest absolute Gasteiger partial charge is 0.448 e. The summed E-state index contributed by atoms with van der Waals surface area (Å²) in [6.45, 7) is 5.50. The molecular weight excluding hydrogens is 398 g/mol. The number of aromatic nitrogens is 1. The number of carbonyl (C=O) groups is 2. The topological polar surface area (TPSA) is 75.4 Å². The van der Waals surface area contributed by atoms with E-state index in [4.69, 9.17) is 4.42 Å². The summed E-state index contributed by atoms with van der Waals surface area (Å²) in [6, 6.07) is 11.5. The fraction of sp³-hybridized carbons (Fsp3) is 0.435. The van der Waals surface area contributed by atoms with Gasteiger partial charge in [-0.3, -0.25) is 9.59 Å². The molecule has 0 atom stereocenters. The summed E-state index contributed by atoms with van der Waals surface area (Å²) in [5, 5.41) is 3.82. The van der Waals surface area contributed by atoms with Crippen LogP contribution in [0.3, 0.4) is 0 Å². The first-order valence-electron chi connectivity index (χ1n) is 10.6. The molecule has 2 amide bonds. The SMILES string of the molecule is CCC(CC)C(=O)N1CCC(NC(=O)c2ccc(-c3nc4ccccc4s3)o2)CC1. The summed E-state index contributed by atoms with van der Waals surface area (Å²) >= 11 is 1.55. The lowest BCUT2D eigenvalue weighted by Crippen LogP contribution is -2.48. The van der Waals surface area contributed by atoms with Crippen LogP contribution >= 0.6 is 11.3 Å². The van der Waals surface area contributed by atoms with Crippen molar-refractivity contribution in [1.29, 1.82) is 0 Å². The number of furan rings is 1. The number of nitrogens with zero attached hydrogens (tertiary/aromatic N) is 2. The van der Waals surface area contributed by atoms with Crippen molar-refractivity contribution in [3.8, 4) is 10.8 Å². The van der Waals surface area contributed by atoms with Crippen molar-refractivity contribution in [2.75, 3.05) is 13.1 Å². The number of piperidine rings is 1. The molecule has 30 heavy (non-hydrogen) atoms. The van der Waals surface area contributed by atoms with Gasteiger partial charge in [0.05, 0.1) is 10.2 Å². The highest BCUT2D eigenvalue weighted by atomic mass is 32.1. The molecule has 0 unspecified atom stereocenters.